The molecule has 158 valence electrons. The largest absolute Gasteiger partial charge is 0.378 e. The normalized spacial score (nSPS) is 19.0. The van der Waals surface area contributed by atoms with E-state index in [0.29, 0.717) is 51.2 Å². The number of sulfonamides is 1. The Morgan fingerprint density at radius 3 is 2.24 bits per heavy atom. The molecule has 4 rings (SSSR count). The third kappa shape index (κ3) is 4.07. The Kier molecular flexibility index (Phi) is 5.45. The second-order valence-electron chi connectivity index (χ2n) is 7.40. The predicted molar refractivity (Wildman–Crippen MR) is 109 cm³/mol. The van der Waals surface area contributed by atoms with Gasteiger partial charge in [-0.15, -0.1) is 0 Å². The molecule has 0 unspecified atom stereocenters. The second kappa shape index (κ2) is 7.88. The van der Waals surface area contributed by atoms with Crippen molar-refractivity contribution >= 4 is 21.8 Å². The van der Waals surface area contributed by atoms with Crippen molar-refractivity contribution in [3.8, 4) is 0 Å². The summed E-state index contributed by atoms with van der Waals surface area (Å²) in [5, 5.41) is 0.110. The summed E-state index contributed by atoms with van der Waals surface area (Å²) >= 11 is 0. The van der Waals surface area contributed by atoms with E-state index in [1.54, 1.807) is 24.7 Å². The van der Waals surface area contributed by atoms with Gasteiger partial charge in [-0.2, -0.15) is 9.29 Å². The molecule has 10 nitrogen and oxygen atoms in total. The van der Waals surface area contributed by atoms with Crippen molar-refractivity contribution in [2.75, 3.05) is 62.3 Å². The SMILES string of the molecule is Cc1cc(N2CCN(S(=O)(=O)c3cn(C)c(C)n3)CC2)nc(N2CCOCC2)n1. The van der Waals surface area contributed by atoms with Crippen molar-refractivity contribution in [1.82, 2.24) is 23.8 Å². The summed E-state index contributed by atoms with van der Waals surface area (Å²) in [5.74, 6) is 2.22. The number of morpholine rings is 1. The van der Waals surface area contributed by atoms with Gasteiger partial charge >= 0.3 is 0 Å². The van der Waals surface area contributed by atoms with E-state index in [1.165, 1.54) is 4.31 Å². The molecule has 0 atom stereocenters. The van der Waals surface area contributed by atoms with E-state index in [2.05, 4.69) is 19.8 Å². The van der Waals surface area contributed by atoms with Crippen LogP contribution in [-0.4, -0.2) is 84.7 Å². The Bertz CT molecular complexity index is 958. The van der Waals surface area contributed by atoms with E-state index in [4.69, 9.17) is 9.72 Å². The van der Waals surface area contributed by atoms with Gasteiger partial charge < -0.3 is 19.1 Å². The van der Waals surface area contributed by atoms with Crippen LogP contribution in [0.4, 0.5) is 11.8 Å². The molecular formula is C18H27N7O3S. The molecule has 0 radical (unpaired) electrons. The Hall–Kier alpha value is -2.24. The van der Waals surface area contributed by atoms with Crippen molar-refractivity contribution in [1.29, 1.82) is 0 Å². The van der Waals surface area contributed by atoms with Gasteiger partial charge in [-0.05, 0) is 13.8 Å². The summed E-state index contributed by atoms with van der Waals surface area (Å²) in [7, 11) is -1.79. The Morgan fingerprint density at radius 2 is 1.62 bits per heavy atom. The minimum atomic E-state index is -3.58. The lowest BCUT2D eigenvalue weighted by atomic mass is 10.3. The van der Waals surface area contributed by atoms with Gasteiger partial charge in [0, 0.05) is 64.3 Å². The molecule has 0 amide bonds. The van der Waals surface area contributed by atoms with E-state index in [0.717, 1.165) is 24.6 Å². The summed E-state index contributed by atoms with van der Waals surface area (Å²) < 4.78 is 34.4. The molecule has 2 aliphatic heterocycles. The number of imidazole rings is 1. The zero-order valence-corrected chi connectivity index (χ0v) is 17.9. The maximum atomic E-state index is 12.9. The lowest BCUT2D eigenvalue weighted by Crippen LogP contribution is -2.49. The Morgan fingerprint density at radius 1 is 0.931 bits per heavy atom. The third-order valence-electron chi connectivity index (χ3n) is 5.38. The quantitative estimate of drug-likeness (QED) is 0.690. The van der Waals surface area contributed by atoms with Crippen molar-refractivity contribution in [3.05, 3.63) is 23.8 Å². The van der Waals surface area contributed by atoms with Gasteiger partial charge in [0.05, 0.1) is 13.2 Å². The average molecular weight is 422 g/mol. The van der Waals surface area contributed by atoms with E-state index in [9.17, 15) is 8.42 Å². The molecule has 4 heterocycles. The van der Waals surface area contributed by atoms with E-state index < -0.39 is 10.0 Å². The van der Waals surface area contributed by atoms with Crippen LogP contribution in [0.1, 0.15) is 11.5 Å². The lowest BCUT2D eigenvalue weighted by Gasteiger charge is -2.35. The first kappa shape index (κ1) is 20.0. The van der Waals surface area contributed by atoms with Gasteiger partial charge in [0.1, 0.15) is 11.6 Å². The number of aryl methyl sites for hydroxylation is 3. The maximum absolute atomic E-state index is 12.9. The molecule has 0 bridgehead atoms. The van der Waals surface area contributed by atoms with E-state index in [1.807, 2.05) is 13.0 Å². The van der Waals surface area contributed by atoms with Gasteiger partial charge in [-0.1, -0.05) is 0 Å². The van der Waals surface area contributed by atoms with Crippen molar-refractivity contribution in [2.45, 2.75) is 18.9 Å². The number of hydrogen-bond donors (Lipinski definition) is 0. The minimum absolute atomic E-state index is 0.110. The molecule has 2 saturated heterocycles. The highest BCUT2D eigenvalue weighted by Crippen LogP contribution is 2.22. The summed E-state index contributed by atoms with van der Waals surface area (Å²) in [6, 6.07) is 1.95. The number of aromatic nitrogens is 4. The molecule has 2 aliphatic rings. The molecule has 0 spiro atoms. The first-order chi connectivity index (χ1) is 13.8. The number of nitrogens with zero attached hydrogens (tertiary/aromatic N) is 7. The standard InChI is InChI=1S/C18H27N7O3S/c1-14-12-16(21-18(19-14)24-8-10-28-11-9-24)23-4-6-25(7-5-23)29(26,27)17-13-22(3)15(2)20-17/h12-13H,4-11H2,1-3H3. The topological polar surface area (TPSA) is 96.7 Å². The molecule has 0 N–H and O–H groups in total. The molecule has 29 heavy (non-hydrogen) atoms. The first-order valence-electron chi connectivity index (χ1n) is 9.78. The predicted octanol–water partition coefficient (Wildman–Crippen LogP) is 0.174. The molecule has 0 aliphatic carbocycles. The Balaban J connectivity index is 1.47. The number of ether oxygens (including phenoxy) is 1. The highest BCUT2D eigenvalue weighted by Gasteiger charge is 2.31. The van der Waals surface area contributed by atoms with Gasteiger partial charge in [0.15, 0.2) is 5.03 Å². The van der Waals surface area contributed by atoms with Crippen LogP contribution < -0.4 is 9.80 Å². The number of anilines is 2. The van der Waals surface area contributed by atoms with Crippen LogP contribution in [0.5, 0.6) is 0 Å². The highest BCUT2D eigenvalue weighted by molar-refractivity contribution is 7.89. The van der Waals surface area contributed by atoms with Crippen LogP contribution in [0.2, 0.25) is 0 Å². The fourth-order valence-electron chi connectivity index (χ4n) is 3.54. The fourth-order valence-corrected chi connectivity index (χ4v) is 4.99. The molecular weight excluding hydrogens is 394 g/mol. The lowest BCUT2D eigenvalue weighted by molar-refractivity contribution is 0.122. The summed E-state index contributed by atoms with van der Waals surface area (Å²) in [4.78, 5) is 17.8. The number of rotatable bonds is 4. The van der Waals surface area contributed by atoms with Crippen LogP contribution in [0.3, 0.4) is 0 Å². The van der Waals surface area contributed by atoms with Crippen LogP contribution >= 0.6 is 0 Å². The van der Waals surface area contributed by atoms with E-state index >= 15 is 0 Å². The first-order valence-corrected chi connectivity index (χ1v) is 11.2. The molecule has 11 heteroatoms. The molecule has 2 aromatic heterocycles. The smallest absolute Gasteiger partial charge is 0.262 e. The molecule has 0 saturated carbocycles. The van der Waals surface area contributed by atoms with Crippen LogP contribution in [0.15, 0.2) is 17.3 Å². The van der Waals surface area contributed by atoms with Crippen LogP contribution in [0, 0.1) is 13.8 Å². The van der Waals surface area contributed by atoms with Crippen molar-refractivity contribution in [2.24, 2.45) is 7.05 Å². The maximum Gasteiger partial charge on any atom is 0.262 e. The monoisotopic (exact) mass is 421 g/mol. The highest BCUT2D eigenvalue weighted by atomic mass is 32.2. The van der Waals surface area contributed by atoms with Gasteiger partial charge in [-0.25, -0.2) is 18.4 Å². The minimum Gasteiger partial charge on any atom is -0.378 e. The molecule has 2 fully saturated rings. The number of piperazine rings is 1. The molecule has 2 aromatic rings. The van der Waals surface area contributed by atoms with Crippen LogP contribution in [0.25, 0.3) is 0 Å². The van der Waals surface area contributed by atoms with E-state index in [-0.39, 0.29) is 5.03 Å². The third-order valence-corrected chi connectivity index (χ3v) is 7.15. The number of hydrogen-bond acceptors (Lipinski definition) is 8. The van der Waals surface area contributed by atoms with Gasteiger partial charge in [0.2, 0.25) is 5.95 Å². The van der Waals surface area contributed by atoms with Crippen LogP contribution in [-0.2, 0) is 21.8 Å². The summed E-state index contributed by atoms with van der Waals surface area (Å²) in [6.07, 6.45) is 1.57. The van der Waals surface area contributed by atoms with Crippen molar-refractivity contribution < 1.29 is 13.2 Å². The van der Waals surface area contributed by atoms with Crippen molar-refractivity contribution in [3.63, 3.8) is 0 Å². The van der Waals surface area contributed by atoms with Gasteiger partial charge in [-0.3, -0.25) is 0 Å². The molecule has 0 aromatic carbocycles. The van der Waals surface area contributed by atoms with Gasteiger partial charge in [0.25, 0.3) is 10.0 Å². The zero-order chi connectivity index (χ0) is 20.6. The summed E-state index contributed by atoms with van der Waals surface area (Å²) in [5.41, 5.74) is 0.899. The second-order valence-corrected chi connectivity index (χ2v) is 9.28. The average Bonchev–Trinajstić information content (AvgIpc) is 3.07. The summed E-state index contributed by atoms with van der Waals surface area (Å²) in [6.45, 7) is 8.60. The zero-order valence-electron chi connectivity index (χ0n) is 17.1. The fraction of sp³-hybridized carbons (Fsp3) is 0.611. The Labute approximate surface area is 171 Å².